The molecule has 8 heteroatoms. The van der Waals surface area contributed by atoms with Crippen LogP contribution in [0.4, 0.5) is 5.69 Å². The molecule has 0 aliphatic carbocycles. The molecule has 0 spiro atoms. The fourth-order valence-corrected chi connectivity index (χ4v) is 8.39. The number of nitrogens with one attached hydrogen (secondary N) is 1. The van der Waals surface area contributed by atoms with Gasteiger partial charge in [-0.2, -0.15) is 0 Å². The van der Waals surface area contributed by atoms with Crippen LogP contribution in [0.3, 0.4) is 0 Å². The van der Waals surface area contributed by atoms with Gasteiger partial charge < -0.3 is 15.1 Å². The second kappa shape index (κ2) is 11.2. The van der Waals surface area contributed by atoms with Crippen LogP contribution in [-0.2, 0) is 9.36 Å². The van der Waals surface area contributed by atoms with Crippen molar-refractivity contribution in [1.29, 1.82) is 0 Å². The fourth-order valence-electron chi connectivity index (χ4n) is 5.85. The highest BCUT2D eigenvalue weighted by atomic mass is 32.1. The molecule has 1 fully saturated rings. The van der Waals surface area contributed by atoms with Gasteiger partial charge in [-0.15, -0.1) is 11.3 Å². The quantitative estimate of drug-likeness (QED) is 0.201. The highest BCUT2D eigenvalue weighted by Crippen LogP contribution is 2.56. The van der Waals surface area contributed by atoms with Gasteiger partial charge in [0.05, 0.1) is 4.88 Å². The first-order valence-corrected chi connectivity index (χ1v) is 16.7. The van der Waals surface area contributed by atoms with Crippen LogP contribution in [0.25, 0.3) is 20.9 Å². The molecular formula is C33H31N2O4PS. The van der Waals surface area contributed by atoms with Crippen molar-refractivity contribution >= 4 is 57.1 Å². The maximum absolute atomic E-state index is 14.0. The number of hydrogen-bond donors (Lipinski definition) is 2. The van der Waals surface area contributed by atoms with Crippen LogP contribution in [0.1, 0.15) is 45.2 Å². The van der Waals surface area contributed by atoms with Gasteiger partial charge in [0.25, 0.3) is 5.91 Å². The summed E-state index contributed by atoms with van der Waals surface area (Å²) in [5, 5.41) is 5.51. The van der Waals surface area contributed by atoms with E-state index < -0.39 is 18.9 Å². The van der Waals surface area contributed by atoms with Gasteiger partial charge in [-0.05, 0) is 58.7 Å². The molecule has 2 atom stereocenters. The van der Waals surface area contributed by atoms with Gasteiger partial charge in [0.1, 0.15) is 5.66 Å². The Morgan fingerprint density at radius 3 is 2.29 bits per heavy atom. The zero-order chi connectivity index (χ0) is 28.6. The van der Waals surface area contributed by atoms with E-state index in [9.17, 15) is 19.0 Å². The summed E-state index contributed by atoms with van der Waals surface area (Å²) >= 11 is 1.29. The lowest BCUT2D eigenvalue weighted by Gasteiger charge is -2.32. The van der Waals surface area contributed by atoms with E-state index >= 15 is 0 Å². The lowest BCUT2D eigenvalue weighted by Crippen LogP contribution is -2.38. The molecule has 0 radical (unpaired) electrons. The standard InChI is InChI=1S/C33H31N2O4PS/c1-40(38,39)30(32(36)34-26-16-15-23-11-5-6-12-25(23)21-26)29-27-13-7-8-14-28(27)41-31(29)33(37)35-19-17-24(18-20-35)22-9-3-2-4-10-22/h2-16,21,24,30H,17-20H2,1H3,(H,34,36)(H,38,39). The molecule has 0 bridgehead atoms. The lowest BCUT2D eigenvalue weighted by molar-refractivity contribution is -0.116. The maximum Gasteiger partial charge on any atom is 0.264 e. The predicted molar refractivity (Wildman–Crippen MR) is 167 cm³/mol. The van der Waals surface area contributed by atoms with Crippen molar-refractivity contribution in [2.45, 2.75) is 24.4 Å². The summed E-state index contributed by atoms with van der Waals surface area (Å²) in [7, 11) is -4.04. The Bertz CT molecular complexity index is 1790. The minimum Gasteiger partial charge on any atom is -0.344 e. The number of nitrogens with zero attached hydrogens (tertiary/aromatic N) is 1. The minimum atomic E-state index is -4.04. The Morgan fingerprint density at radius 1 is 0.902 bits per heavy atom. The van der Waals surface area contributed by atoms with E-state index in [1.807, 2.05) is 83.8 Å². The zero-order valence-corrected chi connectivity index (χ0v) is 24.4. The summed E-state index contributed by atoms with van der Waals surface area (Å²) in [6, 6.07) is 31.1. The Labute approximate surface area is 243 Å². The van der Waals surface area contributed by atoms with E-state index in [4.69, 9.17) is 0 Å². The van der Waals surface area contributed by atoms with E-state index in [1.54, 1.807) is 6.07 Å². The van der Waals surface area contributed by atoms with Gasteiger partial charge in [-0.3, -0.25) is 14.2 Å². The third-order valence-corrected chi connectivity index (χ3v) is 10.5. The predicted octanol–water partition coefficient (Wildman–Crippen LogP) is 7.65. The van der Waals surface area contributed by atoms with Crippen LogP contribution in [0, 0.1) is 0 Å². The van der Waals surface area contributed by atoms with E-state index in [0.717, 1.165) is 28.3 Å². The van der Waals surface area contributed by atoms with Crippen molar-refractivity contribution in [3.05, 3.63) is 113 Å². The minimum absolute atomic E-state index is 0.190. The van der Waals surface area contributed by atoms with E-state index in [0.29, 0.717) is 40.5 Å². The van der Waals surface area contributed by atoms with Crippen LogP contribution in [0.15, 0.2) is 97.1 Å². The number of fused-ring (bicyclic) bond motifs is 2. The molecule has 4 aromatic carbocycles. The van der Waals surface area contributed by atoms with Gasteiger partial charge in [-0.1, -0.05) is 78.9 Å². The first kappa shape index (κ1) is 27.4. The van der Waals surface area contributed by atoms with Crippen molar-refractivity contribution in [2.24, 2.45) is 0 Å². The highest BCUT2D eigenvalue weighted by molar-refractivity contribution is 7.58. The second-order valence-electron chi connectivity index (χ2n) is 10.7. The number of benzene rings is 4. The molecule has 5 aromatic rings. The SMILES string of the molecule is CP(=O)(O)C(C(=O)Nc1ccc2ccccc2c1)c1c(C(=O)N2CCC(c3ccccc3)CC2)sc2ccccc12. The number of thiophene rings is 1. The van der Waals surface area contributed by atoms with Crippen LogP contribution < -0.4 is 5.32 Å². The molecule has 41 heavy (non-hydrogen) atoms. The molecule has 2 N–H and O–H groups in total. The summed E-state index contributed by atoms with van der Waals surface area (Å²) in [6.45, 7) is 2.37. The number of hydrogen-bond acceptors (Lipinski definition) is 4. The molecule has 208 valence electrons. The normalized spacial score (nSPS) is 16.4. The van der Waals surface area contributed by atoms with Crippen molar-refractivity contribution in [3.8, 4) is 0 Å². The number of anilines is 1. The van der Waals surface area contributed by atoms with Gasteiger partial charge in [0.2, 0.25) is 13.3 Å². The molecule has 2 unspecified atom stereocenters. The second-order valence-corrected chi connectivity index (χ2v) is 14.2. The number of piperidine rings is 1. The Kier molecular flexibility index (Phi) is 7.52. The monoisotopic (exact) mass is 582 g/mol. The van der Waals surface area contributed by atoms with Gasteiger partial charge in [-0.25, -0.2) is 0 Å². The molecular weight excluding hydrogens is 551 g/mol. The van der Waals surface area contributed by atoms with E-state index in [-0.39, 0.29) is 5.91 Å². The summed E-state index contributed by atoms with van der Waals surface area (Å²) in [5.41, 5.74) is 0.751. The van der Waals surface area contributed by atoms with Crippen molar-refractivity contribution in [2.75, 3.05) is 25.1 Å². The fraction of sp³-hybridized carbons (Fsp3) is 0.212. The van der Waals surface area contributed by atoms with Crippen molar-refractivity contribution < 1.29 is 19.0 Å². The molecule has 1 aromatic heterocycles. The number of rotatable bonds is 6. The summed E-state index contributed by atoms with van der Waals surface area (Å²) in [6.07, 6.45) is 1.68. The number of likely N-dealkylation sites (tertiary alicyclic amines) is 1. The maximum atomic E-state index is 14.0. The van der Waals surface area contributed by atoms with Crippen LogP contribution in [0.2, 0.25) is 0 Å². The average Bonchev–Trinajstić information content (AvgIpc) is 3.35. The van der Waals surface area contributed by atoms with Crippen molar-refractivity contribution in [3.63, 3.8) is 0 Å². The van der Waals surface area contributed by atoms with Crippen LogP contribution >= 0.6 is 18.7 Å². The Morgan fingerprint density at radius 2 is 1.56 bits per heavy atom. The Hall–Kier alpha value is -3.77. The smallest absolute Gasteiger partial charge is 0.264 e. The van der Waals surface area contributed by atoms with E-state index in [2.05, 4.69) is 17.4 Å². The van der Waals surface area contributed by atoms with Gasteiger partial charge in [0, 0.05) is 35.7 Å². The number of carbonyl (C=O) groups is 2. The van der Waals surface area contributed by atoms with Crippen LogP contribution in [0.5, 0.6) is 0 Å². The molecule has 6 rings (SSSR count). The van der Waals surface area contributed by atoms with Gasteiger partial charge >= 0.3 is 0 Å². The third kappa shape index (κ3) is 5.58. The molecule has 0 saturated carbocycles. The summed E-state index contributed by atoms with van der Waals surface area (Å²) < 4.78 is 14.2. The first-order valence-electron chi connectivity index (χ1n) is 13.7. The van der Waals surface area contributed by atoms with Crippen LogP contribution in [-0.4, -0.2) is 41.4 Å². The topological polar surface area (TPSA) is 86.7 Å². The molecule has 1 aliphatic heterocycles. The van der Waals surface area contributed by atoms with Crippen molar-refractivity contribution in [1.82, 2.24) is 4.90 Å². The van der Waals surface area contributed by atoms with Gasteiger partial charge in [0.15, 0.2) is 0 Å². The zero-order valence-electron chi connectivity index (χ0n) is 22.7. The van der Waals surface area contributed by atoms with E-state index in [1.165, 1.54) is 23.6 Å². The third-order valence-electron chi connectivity index (χ3n) is 7.90. The molecule has 6 nitrogen and oxygen atoms in total. The molecule has 2 amide bonds. The molecule has 1 saturated heterocycles. The average molecular weight is 583 g/mol. The Balaban J connectivity index is 1.34. The highest BCUT2D eigenvalue weighted by Gasteiger charge is 2.41. The first-order chi connectivity index (χ1) is 19.8. The largest absolute Gasteiger partial charge is 0.344 e. The molecule has 2 heterocycles. The number of carbonyl (C=O) groups excluding carboxylic acids is 2. The summed E-state index contributed by atoms with van der Waals surface area (Å²) in [4.78, 5) is 41.0. The number of amides is 2. The lowest BCUT2D eigenvalue weighted by atomic mass is 9.89. The summed E-state index contributed by atoms with van der Waals surface area (Å²) in [5.74, 6) is -0.408. The molecule has 1 aliphatic rings.